The molecule has 9 heteroatoms. The highest BCUT2D eigenvalue weighted by Gasteiger charge is 2.57. The maximum atomic E-state index is 14.3. The number of hydrogen-bond donors (Lipinski definition) is 1. The van der Waals surface area contributed by atoms with E-state index in [4.69, 9.17) is 4.74 Å². The van der Waals surface area contributed by atoms with E-state index in [1.807, 2.05) is 0 Å². The fourth-order valence-electron chi connectivity index (χ4n) is 5.03. The molecule has 3 atom stereocenters. The highest BCUT2D eigenvalue weighted by molar-refractivity contribution is 7.92. The van der Waals surface area contributed by atoms with Crippen LogP contribution in [0.2, 0.25) is 0 Å². The molecule has 1 N–H and O–H groups in total. The molecule has 3 aromatic rings. The number of para-hydroxylation sites is 1. The van der Waals surface area contributed by atoms with Gasteiger partial charge in [-0.15, -0.1) is 0 Å². The predicted molar refractivity (Wildman–Crippen MR) is 117 cm³/mol. The van der Waals surface area contributed by atoms with Crippen molar-refractivity contribution in [1.29, 1.82) is 0 Å². The Morgan fingerprint density at radius 1 is 1.03 bits per heavy atom. The van der Waals surface area contributed by atoms with Crippen molar-refractivity contribution in [2.45, 2.75) is 41.1 Å². The summed E-state index contributed by atoms with van der Waals surface area (Å²) in [5.41, 5.74) is 0.408. The molecule has 5 rings (SSSR count). The first-order valence-electron chi connectivity index (χ1n) is 10.8. The molecule has 3 aromatic carbocycles. The van der Waals surface area contributed by atoms with E-state index in [-0.39, 0.29) is 11.8 Å². The Morgan fingerprint density at radius 2 is 1.79 bits per heavy atom. The van der Waals surface area contributed by atoms with Crippen molar-refractivity contribution in [3.8, 4) is 11.5 Å². The molecule has 1 aliphatic carbocycles. The van der Waals surface area contributed by atoms with Gasteiger partial charge in [-0.05, 0) is 84.2 Å². The Balaban J connectivity index is 1.54. The molecule has 0 amide bonds. The van der Waals surface area contributed by atoms with Crippen LogP contribution in [-0.2, 0) is 28.5 Å². The average molecular weight is 493 g/mol. The molecule has 1 aliphatic heterocycles. The normalized spacial score (nSPS) is 22.7. The minimum Gasteiger partial charge on any atom is -0.611 e. The Kier molecular flexibility index (Phi) is 5.82. The maximum Gasteiger partial charge on any atom is 0.420 e. The number of benzene rings is 3. The molecule has 1 heterocycles. The van der Waals surface area contributed by atoms with Gasteiger partial charge in [0.15, 0.2) is 21.2 Å². The van der Waals surface area contributed by atoms with Crippen LogP contribution in [0.3, 0.4) is 0 Å². The van der Waals surface area contributed by atoms with Gasteiger partial charge >= 0.3 is 6.18 Å². The third-order valence-corrected chi connectivity index (χ3v) is 8.61. The van der Waals surface area contributed by atoms with Crippen LogP contribution in [0, 0.1) is 11.6 Å². The highest BCUT2D eigenvalue weighted by atomic mass is 32.2. The zero-order valence-corrected chi connectivity index (χ0v) is 18.6. The molecular weight excluding hydrogens is 473 g/mol. The van der Waals surface area contributed by atoms with Crippen molar-refractivity contribution in [3.05, 3.63) is 89.0 Å². The average Bonchev–Trinajstić information content (AvgIpc) is 3.25. The number of halogens is 5. The highest BCUT2D eigenvalue weighted by Crippen LogP contribution is 2.50. The summed E-state index contributed by atoms with van der Waals surface area (Å²) in [7, 11) is 0. The first-order valence-corrected chi connectivity index (χ1v) is 11.9. The molecule has 0 radical (unpaired) electrons. The number of nitrogens with one attached hydrogen (secondary N) is 1. The molecule has 0 saturated carbocycles. The lowest BCUT2D eigenvalue weighted by atomic mass is 9.79. The fourth-order valence-corrected chi connectivity index (χ4v) is 6.98. The summed E-state index contributed by atoms with van der Waals surface area (Å²) in [4.78, 5) is 0.504. The van der Waals surface area contributed by atoms with Crippen LogP contribution in [0.4, 0.5) is 22.0 Å². The number of fused-ring (bicyclic) bond motifs is 3. The van der Waals surface area contributed by atoms with Crippen molar-refractivity contribution >= 4 is 11.2 Å². The van der Waals surface area contributed by atoms with Gasteiger partial charge in [0, 0.05) is 18.5 Å². The van der Waals surface area contributed by atoms with E-state index in [1.54, 1.807) is 12.1 Å². The summed E-state index contributed by atoms with van der Waals surface area (Å²) in [6.45, 7) is 0.652. The van der Waals surface area contributed by atoms with Crippen LogP contribution in [-0.4, -0.2) is 17.1 Å². The topological polar surface area (TPSA) is 44.3 Å². The van der Waals surface area contributed by atoms with Crippen molar-refractivity contribution in [2.75, 3.05) is 6.54 Å². The zero-order chi connectivity index (χ0) is 24.1. The molecule has 34 heavy (non-hydrogen) atoms. The summed E-state index contributed by atoms with van der Waals surface area (Å²) in [5.74, 6) is -2.34. The van der Waals surface area contributed by atoms with Crippen LogP contribution < -0.4 is 10.1 Å². The SMILES string of the molecule is [O-][S+](c1ccc(F)cc1)C12CCNC1CCc1cc(Oc3c(F)cccc3C(F)(F)F)ccc12. The van der Waals surface area contributed by atoms with E-state index in [0.29, 0.717) is 30.7 Å². The third kappa shape index (κ3) is 3.85. The molecule has 2 aliphatic rings. The lowest BCUT2D eigenvalue weighted by Gasteiger charge is -2.41. The van der Waals surface area contributed by atoms with Crippen LogP contribution >= 0.6 is 0 Å². The quantitative estimate of drug-likeness (QED) is 0.354. The summed E-state index contributed by atoms with van der Waals surface area (Å²) < 4.78 is 86.2. The molecule has 0 spiro atoms. The summed E-state index contributed by atoms with van der Waals surface area (Å²) in [5, 5.41) is 3.42. The number of alkyl halides is 3. The van der Waals surface area contributed by atoms with Gasteiger partial charge in [0.1, 0.15) is 17.1 Å². The molecule has 0 aromatic heterocycles. The molecule has 0 bridgehead atoms. The largest absolute Gasteiger partial charge is 0.611 e. The zero-order valence-electron chi connectivity index (χ0n) is 17.8. The van der Waals surface area contributed by atoms with Crippen molar-refractivity contribution in [1.82, 2.24) is 5.32 Å². The van der Waals surface area contributed by atoms with Gasteiger partial charge in [-0.1, -0.05) is 6.07 Å². The number of aryl methyl sites for hydroxylation is 1. The standard InChI is InChI=1S/C25H20F5NO2S/c26-16-5-8-18(9-6-16)34(32)24-12-13-31-22(24)11-4-15-14-17(7-10-19(15)24)33-23-20(25(28,29)30)2-1-3-21(23)27/h1-3,5-10,14,22,31H,4,11-13H2. The Bertz CT molecular complexity index is 1220. The summed E-state index contributed by atoms with van der Waals surface area (Å²) in [6.07, 6.45) is -2.93. The van der Waals surface area contributed by atoms with Crippen molar-refractivity contribution in [2.24, 2.45) is 0 Å². The van der Waals surface area contributed by atoms with E-state index >= 15 is 0 Å². The molecule has 1 saturated heterocycles. The van der Waals surface area contributed by atoms with Gasteiger partial charge in [-0.25, -0.2) is 8.78 Å². The van der Waals surface area contributed by atoms with Crippen LogP contribution in [0.15, 0.2) is 65.6 Å². The molecule has 3 unspecified atom stereocenters. The van der Waals surface area contributed by atoms with E-state index in [0.717, 1.165) is 29.3 Å². The summed E-state index contributed by atoms with van der Waals surface area (Å²) in [6, 6.07) is 13.0. The van der Waals surface area contributed by atoms with Crippen LogP contribution in [0.1, 0.15) is 29.5 Å². The third-order valence-electron chi connectivity index (χ3n) is 6.54. The van der Waals surface area contributed by atoms with Gasteiger partial charge in [0.2, 0.25) is 0 Å². The maximum absolute atomic E-state index is 14.3. The Morgan fingerprint density at radius 3 is 2.53 bits per heavy atom. The Labute approximate surface area is 196 Å². The molecule has 3 nitrogen and oxygen atoms in total. The lowest BCUT2D eigenvalue weighted by Crippen LogP contribution is -2.49. The summed E-state index contributed by atoms with van der Waals surface area (Å²) >= 11 is -1.51. The number of rotatable bonds is 4. The molecule has 1 fully saturated rings. The smallest absolute Gasteiger partial charge is 0.420 e. The first-order chi connectivity index (χ1) is 16.2. The van der Waals surface area contributed by atoms with Crippen molar-refractivity contribution < 1.29 is 31.2 Å². The minimum atomic E-state index is -4.77. The van der Waals surface area contributed by atoms with Crippen LogP contribution in [0.25, 0.3) is 0 Å². The second kappa shape index (κ2) is 8.55. The first kappa shape index (κ1) is 23.1. The fraction of sp³-hybridized carbons (Fsp3) is 0.280. The van der Waals surface area contributed by atoms with Gasteiger partial charge in [-0.2, -0.15) is 13.2 Å². The second-order valence-corrected chi connectivity index (χ2v) is 10.2. The van der Waals surface area contributed by atoms with Gasteiger partial charge < -0.3 is 14.6 Å². The molecule has 178 valence electrons. The van der Waals surface area contributed by atoms with Gasteiger partial charge in [-0.3, -0.25) is 0 Å². The minimum absolute atomic E-state index is 0.0685. The Hall–Kier alpha value is -2.62. The number of hydrogen-bond acceptors (Lipinski definition) is 3. The van der Waals surface area contributed by atoms with Gasteiger partial charge in [0.25, 0.3) is 0 Å². The second-order valence-electron chi connectivity index (χ2n) is 8.44. The van der Waals surface area contributed by atoms with Gasteiger partial charge in [0.05, 0.1) is 6.04 Å². The monoisotopic (exact) mass is 493 g/mol. The predicted octanol–water partition coefficient (Wildman–Crippen LogP) is 6.09. The molecular formula is C25H20F5NO2S. The van der Waals surface area contributed by atoms with E-state index < -0.39 is 45.0 Å². The van der Waals surface area contributed by atoms with Crippen molar-refractivity contribution in [3.63, 3.8) is 0 Å². The van der Waals surface area contributed by atoms with E-state index in [2.05, 4.69) is 5.32 Å². The van der Waals surface area contributed by atoms with E-state index in [1.165, 1.54) is 30.3 Å². The lowest BCUT2D eigenvalue weighted by molar-refractivity contribution is -0.138. The van der Waals surface area contributed by atoms with Crippen LogP contribution in [0.5, 0.6) is 11.5 Å². The van der Waals surface area contributed by atoms with E-state index in [9.17, 15) is 26.5 Å². The number of ether oxygens (including phenoxy) is 1.